The monoisotopic (exact) mass is 444 g/mol. The molecule has 1 amide bonds. The van der Waals surface area contributed by atoms with Crippen molar-refractivity contribution in [1.82, 2.24) is 4.57 Å². The molecule has 4 rings (SSSR count). The molecule has 0 spiro atoms. The number of para-hydroxylation sites is 1. The van der Waals surface area contributed by atoms with Crippen LogP contribution in [0.2, 0.25) is 0 Å². The molecule has 3 aromatic rings. The Morgan fingerprint density at radius 1 is 1.00 bits per heavy atom. The van der Waals surface area contributed by atoms with Crippen molar-refractivity contribution in [2.75, 3.05) is 12.0 Å². The van der Waals surface area contributed by atoms with E-state index in [1.54, 1.807) is 25.1 Å². The van der Waals surface area contributed by atoms with Gasteiger partial charge in [0.1, 0.15) is 5.82 Å². The van der Waals surface area contributed by atoms with Gasteiger partial charge in [-0.25, -0.2) is 9.18 Å². The molecule has 0 atom stereocenters. The average Bonchev–Trinajstić information content (AvgIpc) is 3.20. The van der Waals surface area contributed by atoms with Gasteiger partial charge in [-0.2, -0.15) is 0 Å². The lowest BCUT2D eigenvalue weighted by Crippen LogP contribution is -2.25. The number of allylic oxidation sites excluding steroid dienone is 1. The molecule has 0 bridgehead atoms. The molecule has 5 nitrogen and oxygen atoms in total. The summed E-state index contributed by atoms with van der Waals surface area (Å²) in [7, 11) is 1.26. The van der Waals surface area contributed by atoms with Crippen LogP contribution in [0.5, 0.6) is 0 Å². The topological polar surface area (TPSA) is 51.5 Å². The van der Waals surface area contributed by atoms with Crippen LogP contribution in [0, 0.1) is 26.6 Å². The third-order valence-corrected chi connectivity index (χ3v) is 5.95. The van der Waals surface area contributed by atoms with E-state index in [9.17, 15) is 14.0 Å². The SMILES string of the molecule is COC(=O)C1=C(C)N(c2ccccc2F)C(=O)C1=Cc1cc(C)n(-c2ccc(C)cc2)c1C. The number of amides is 1. The first kappa shape index (κ1) is 22.3. The zero-order valence-corrected chi connectivity index (χ0v) is 19.3. The van der Waals surface area contributed by atoms with E-state index in [0.29, 0.717) is 5.70 Å². The summed E-state index contributed by atoms with van der Waals surface area (Å²) in [6.07, 6.45) is 1.69. The first-order valence-corrected chi connectivity index (χ1v) is 10.6. The summed E-state index contributed by atoms with van der Waals surface area (Å²) in [5.41, 5.74) is 5.59. The van der Waals surface area contributed by atoms with Gasteiger partial charge < -0.3 is 9.30 Å². The minimum atomic E-state index is -0.640. The van der Waals surface area contributed by atoms with Gasteiger partial charge in [-0.3, -0.25) is 9.69 Å². The number of rotatable bonds is 4. The second-order valence-corrected chi connectivity index (χ2v) is 8.10. The molecule has 0 saturated carbocycles. The van der Waals surface area contributed by atoms with E-state index in [4.69, 9.17) is 4.74 Å². The van der Waals surface area contributed by atoms with Crippen molar-refractivity contribution in [3.63, 3.8) is 0 Å². The van der Waals surface area contributed by atoms with Gasteiger partial charge >= 0.3 is 5.97 Å². The summed E-state index contributed by atoms with van der Waals surface area (Å²) in [6, 6.07) is 16.1. The van der Waals surface area contributed by atoms with Crippen LogP contribution in [0.1, 0.15) is 29.4 Å². The van der Waals surface area contributed by atoms with E-state index in [2.05, 4.69) is 4.57 Å². The maximum atomic E-state index is 14.5. The van der Waals surface area contributed by atoms with E-state index in [1.807, 2.05) is 51.1 Å². The highest BCUT2D eigenvalue weighted by Crippen LogP contribution is 2.37. The molecule has 0 unspecified atom stereocenters. The lowest BCUT2D eigenvalue weighted by atomic mass is 10.0. The minimum Gasteiger partial charge on any atom is -0.465 e. The Hall–Kier alpha value is -3.93. The Morgan fingerprint density at radius 3 is 2.30 bits per heavy atom. The molecule has 2 aromatic carbocycles. The van der Waals surface area contributed by atoms with Crippen LogP contribution >= 0.6 is 0 Å². The number of nitrogens with zero attached hydrogens (tertiary/aromatic N) is 2. The van der Waals surface area contributed by atoms with Crippen LogP contribution in [-0.2, 0) is 14.3 Å². The Kier molecular flexibility index (Phi) is 5.77. The molecule has 1 aromatic heterocycles. The lowest BCUT2D eigenvalue weighted by Gasteiger charge is -2.18. The number of carbonyl (C=O) groups excluding carboxylic acids is 2. The molecule has 0 fully saturated rings. The van der Waals surface area contributed by atoms with Crippen molar-refractivity contribution in [3.8, 4) is 5.69 Å². The fraction of sp³-hybridized carbons (Fsp3) is 0.185. The predicted molar refractivity (Wildman–Crippen MR) is 127 cm³/mol. The predicted octanol–water partition coefficient (Wildman–Crippen LogP) is 5.42. The molecule has 2 heterocycles. The number of aryl methyl sites for hydroxylation is 2. The normalized spacial score (nSPS) is 15.0. The van der Waals surface area contributed by atoms with Gasteiger partial charge in [0.2, 0.25) is 0 Å². The van der Waals surface area contributed by atoms with Crippen LogP contribution < -0.4 is 4.90 Å². The van der Waals surface area contributed by atoms with Crippen molar-refractivity contribution in [2.24, 2.45) is 0 Å². The second-order valence-electron chi connectivity index (χ2n) is 8.10. The first-order chi connectivity index (χ1) is 15.7. The minimum absolute atomic E-state index is 0.0925. The molecule has 168 valence electrons. The third kappa shape index (κ3) is 3.78. The highest BCUT2D eigenvalue weighted by molar-refractivity contribution is 6.23. The smallest absolute Gasteiger partial charge is 0.340 e. The van der Waals surface area contributed by atoms with E-state index in [1.165, 1.54) is 24.1 Å². The quantitative estimate of drug-likeness (QED) is 0.399. The Labute approximate surface area is 192 Å². The molecule has 33 heavy (non-hydrogen) atoms. The van der Waals surface area contributed by atoms with Crippen LogP contribution in [0.3, 0.4) is 0 Å². The number of hydrogen-bond acceptors (Lipinski definition) is 3. The molecular weight excluding hydrogens is 419 g/mol. The highest BCUT2D eigenvalue weighted by Gasteiger charge is 2.39. The molecule has 0 radical (unpaired) electrons. The fourth-order valence-corrected chi connectivity index (χ4v) is 4.28. The average molecular weight is 445 g/mol. The zero-order valence-electron chi connectivity index (χ0n) is 19.3. The summed E-state index contributed by atoms with van der Waals surface area (Å²) < 4.78 is 21.6. The first-order valence-electron chi connectivity index (χ1n) is 10.6. The number of hydrogen-bond donors (Lipinski definition) is 0. The maximum Gasteiger partial charge on any atom is 0.340 e. The second kappa shape index (κ2) is 8.54. The number of aromatic nitrogens is 1. The van der Waals surface area contributed by atoms with Crippen molar-refractivity contribution in [1.29, 1.82) is 0 Å². The molecule has 0 saturated heterocycles. The van der Waals surface area contributed by atoms with Gasteiger partial charge in [-0.1, -0.05) is 29.8 Å². The summed E-state index contributed by atoms with van der Waals surface area (Å²) in [6.45, 7) is 7.60. The van der Waals surface area contributed by atoms with Gasteiger partial charge in [0.15, 0.2) is 0 Å². The molecule has 6 heteroatoms. The molecular formula is C27H25FN2O3. The van der Waals surface area contributed by atoms with Gasteiger partial charge in [0.25, 0.3) is 5.91 Å². The zero-order chi connectivity index (χ0) is 23.9. The van der Waals surface area contributed by atoms with E-state index in [-0.39, 0.29) is 16.8 Å². The number of ether oxygens (including phenoxy) is 1. The number of anilines is 1. The molecule has 0 N–H and O–H groups in total. The number of benzene rings is 2. The number of carbonyl (C=O) groups is 2. The number of methoxy groups -OCH3 is 1. The van der Waals surface area contributed by atoms with Crippen LogP contribution in [0.15, 0.2) is 71.4 Å². The Morgan fingerprint density at radius 2 is 1.67 bits per heavy atom. The standard InChI is InChI=1S/C27H25FN2O3/c1-16-10-12-21(13-11-16)29-17(2)14-20(18(29)3)15-22-25(27(32)33-5)19(4)30(26(22)31)24-9-7-6-8-23(24)28/h6-15H,1-5H3. The Bertz CT molecular complexity index is 1330. The Balaban J connectivity index is 1.86. The number of halogens is 1. The summed E-state index contributed by atoms with van der Waals surface area (Å²) in [5, 5.41) is 0. The van der Waals surface area contributed by atoms with Crippen molar-refractivity contribution in [3.05, 3.63) is 99.8 Å². The summed E-state index contributed by atoms with van der Waals surface area (Å²) in [5.74, 6) is -1.66. The van der Waals surface area contributed by atoms with Gasteiger partial charge in [0.05, 0.1) is 23.9 Å². The van der Waals surface area contributed by atoms with Crippen molar-refractivity contribution >= 4 is 23.6 Å². The van der Waals surface area contributed by atoms with Crippen molar-refractivity contribution < 1.29 is 18.7 Å². The molecule has 0 aliphatic carbocycles. The molecule has 1 aliphatic heterocycles. The highest BCUT2D eigenvalue weighted by atomic mass is 19.1. The lowest BCUT2D eigenvalue weighted by molar-refractivity contribution is -0.136. The third-order valence-electron chi connectivity index (χ3n) is 5.95. The van der Waals surface area contributed by atoms with Crippen molar-refractivity contribution in [2.45, 2.75) is 27.7 Å². The largest absolute Gasteiger partial charge is 0.465 e. The van der Waals surface area contributed by atoms with E-state index in [0.717, 1.165) is 28.2 Å². The summed E-state index contributed by atoms with van der Waals surface area (Å²) in [4.78, 5) is 27.3. The number of esters is 1. The molecule has 1 aliphatic rings. The van der Waals surface area contributed by atoms with Gasteiger partial charge in [-0.15, -0.1) is 0 Å². The van der Waals surface area contributed by atoms with E-state index >= 15 is 0 Å². The van der Waals surface area contributed by atoms with Crippen LogP contribution in [0.4, 0.5) is 10.1 Å². The van der Waals surface area contributed by atoms with Crippen LogP contribution in [-0.4, -0.2) is 23.6 Å². The van der Waals surface area contributed by atoms with Crippen LogP contribution in [0.25, 0.3) is 11.8 Å². The fourth-order valence-electron chi connectivity index (χ4n) is 4.28. The summed E-state index contributed by atoms with van der Waals surface area (Å²) >= 11 is 0. The van der Waals surface area contributed by atoms with Gasteiger partial charge in [0, 0.05) is 22.8 Å². The van der Waals surface area contributed by atoms with Gasteiger partial charge in [-0.05, 0) is 69.7 Å². The maximum absolute atomic E-state index is 14.5. The van der Waals surface area contributed by atoms with E-state index < -0.39 is 17.7 Å².